The molecular formula is C15H15N3O5S. The number of amidine groups is 1. The topological polar surface area (TPSA) is 110 Å². The lowest BCUT2D eigenvalue weighted by molar-refractivity contribution is -0.135. The minimum Gasteiger partial charge on any atom is -0.491 e. The Balaban J connectivity index is 2.01. The van der Waals surface area contributed by atoms with Crippen LogP contribution in [0.15, 0.2) is 45.4 Å². The lowest BCUT2D eigenvalue weighted by atomic mass is 10.2. The number of benzene rings is 1. The molecule has 0 radical (unpaired) electrons. The fraction of sp³-hybridized carbons (Fsp3) is 0.200. The highest BCUT2D eigenvalue weighted by Gasteiger charge is 2.24. The van der Waals surface area contributed by atoms with Crippen LogP contribution in [-0.4, -0.2) is 48.7 Å². The van der Waals surface area contributed by atoms with E-state index in [-0.39, 0.29) is 23.3 Å². The van der Waals surface area contributed by atoms with Gasteiger partial charge in [0.05, 0.1) is 24.8 Å². The van der Waals surface area contributed by atoms with Crippen molar-refractivity contribution in [3.05, 3.63) is 40.8 Å². The minimum absolute atomic E-state index is 0.0652. The number of aliphatic hydroxyl groups is 1. The van der Waals surface area contributed by atoms with Gasteiger partial charge in [-0.25, -0.2) is 4.79 Å². The zero-order valence-corrected chi connectivity index (χ0v) is 13.6. The van der Waals surface area contributed by atoms with Gasteiger partial charge in [0.1, 0.15) is 12.4 Å². The highest BCUT2D eigenvalue weighted by Crippen LogP contribution is 2.23. The van der Waals surface area contributed by atoms with Crippen molar-refractivity contribution in [2.75, 3.05) is 20.3 Å². The molecule has 1 fully saturated rings. The number of rotatable bonds is 6. The number of esters is 1. The molecule has 2 rings (SSSR count). The second-order valence-electron chi connectivity index (χ2n) is 4.38. The number of nitrogens with zero attached hydrogens (tertiary/aromatic N) is 2. The SMILES string of the molecule is COC(=O)/C=C1/S/C(=N\N=Cc2cccc(OCCO)c2)NC1=O. The van der Waals surface area contributed by atoms with Crippen molar-refractivity contribution in [1.82, 2.24) is 5.32 Å². The Morgan fingerprint density at radius 2 is 2.29 bits per heavy atom. The van der Waals surface area contributed by atoms with E-state index < -0.39 is 11.9 Å². The molecule has 1 heterocycles. The van der Waals surface area contributed by atoms with E-state index in [0.29, 0.717) is 5.75 Å². The lowest BCUT2D eigenvalue weighted by Gasteiger charge is -2.03. The Bertz CT molecular complexity index is 715. The molecule has 0 bridgehead atoms. The molecule has 8 nitrogen and oxygen atoms in total. The maximum Gasteiger partial charge on any atom is 0.331 e. The quantitative estimate of drug-likeness (QED) is 0.338. The summed E-state index contributed by atoms with van der Waals surface area (Å²) >= 11 is 0.995. The van der Waals surface area contributed by atoms with Gasteiger partial charge in [0.25, 0.3) is 5.91 Å². The number of hydrogen-bond donors (Lipinski definition) is 2. The minimum atomic E-state index is -0.614. The third-order valence-corrected chi connectivity index (χ3v) is 3.57. The number of thioether (sulfide) groups is 1. The molecule has 1 aliphatic heterocycles. The average molecular weight is 349 g/mol. The van der Waals surface area contributed by atoms with E-state index in [1.165, 1.54) is 13.3 Å². The Hall–Kier alpha value is -2.65. The third kappa shape index (κ3) is 5.21. The first-order chi connectivity index (χ1) is 11.6. The second kappa shape index (κ2) is 8.85. The molecule has 0 aliphatic carbocycles. The van der Waals surface area contributed by atoms with Gasteiger partial charge in [-0.05, 0) is 29.5 Å². The monoisotopic (exact) mass is 349 g/mol. The number of amides is 1. The van der Waals surface area contributed by atoms with Gasteiger partial charge in [0.15, 0.2) is 5.17 Å². The van der Waals surface area contributed by atoms with Gasteiger partial charge < -0.3 is 14.6 Å². The predicted octanol–water partition coefficient (Wildman–Crippen LogP) is 0.667. The second-order valence-corrected chi connectivity index (χ2v) is 5.41. The van der Waals surface area contributed by atoms with Gasteiger partial charge in [-0.15, -0.1) is 5.10 Å². The molecule has 0 saturated carbocycles. The molecule has 2 N–H and O–H groups in total. The Morgan fingerprint density at radius 1 is 1.46 bits per heavy atom. The highest BCUT2D eigenvalue weighted by atomic mass is 32.2. The predicted molar refractivity (Wildman–Crippen MR) is 89.9 cm³/mol. The van der Waals surface area contributed by atoms with Crippen molar-refractivity contribution in [3.8, 4) is 5.75 Å². The van der Waals surface area contributed by atoms with E-state index in [1.54, 1.807) is 24.3 Å². The van der Waals surface area contributed by atoms with Crippen LogP contribution in [0.4, 0.5) is 0 Å². The average Bonchev–Trinajstić information content (AvgIpc) is 2.93. The van der Waals surface area contributed by atoms with Crippen LogP contribution in [0.25, 0.3) is 0 Å². The van der Waals surface area contributed by atoms with Crippen LogP contribution in [-0.2, 0) is 14.3 Å². The van der Waals surface area contributed by atoms with Gasteiger partial charge in [0, 0.05) is 6.08 Å². The van der Waals surface area contributed by atoms with Gasteiger partial charge >= 0.3 is 5.97 Å². The van der Waals surface area contributed by atoms with Crippen LogP contribution in [0.1, 0.15) is 5.56 Å². The summed E-state index contributed by atoms with van der Waals surface area (Å²) in [6.07, 6.45) is 2.59. The number of carbonyl (C=O) groups excluding carboxylic acids is 2. The summed E-state index contributed by atoms with van der Waals surface area (Å²) in [5, 5.41) is 19.3. The number of aliphatic hydroxyl groups excluding tert-OH is 1. The maximum absolute atomic E-state index is 11.6. The van der Waals surface area contributed by atoms with E-state index >= 15 is 0 Å². The summed E-state index contributed by atoms with van der Waals surface area (Å²) in [5.74, 6) is -0.441. The van der Waals surface area contributed by atoms with Gasteiger partial charge in [-0.2, -0.15) is 5.10 Å². The normalized spacial score (nSPS) is 17.5. The summed E-state index contributed by atoms with van der Waals surface area (Å²) < 4.78 is 9.76. The molecule has 0 unspecified atom stereocenters. The number of ether oxygens (including phenoxy) is 2. The van der Waals surface area contributed by atoms with E-state index in [9.17, 15) is 9.59 Å². The molecule has 126 valence electrons. The molecule has 9 heteroatoms. The molecule has 1 saturated heterocycles. The summed E-state index contributed by atoms with van der Waals surface area (Å²) in [6.45, 7) is 0.144. The zero-order valence-electron chi connectivity index (χ0n) is 12.8. The fourth-order valence-electron chi connectivity index (χ4n) is 1.64. The van der Waals surface area contributed by atoms with Gasteiger partial charge in [0.2, 0.25) is 0 Å². The van der Waals surface area contributed by atoms with Crippen molar-refractivity contribution >= 4 is 35.0 Å². The molecular weight excluding hydrogens is 334 g/mol. The van der Waals surface area contributed by atoms with Crippen molar-refractivity contribution in [3.63, 3.8) is 0 Å². The first-order valence-corrected chi connectivity index (χ1v) is 7.67. The standard InChI is InChI=1S/C15H15N3O5S/c1-22-13(20)8-12-14(21)17-15(24-12)18-16-9-10-3-2-4-11(7-10)23-6-5-19/h2-4,7-9,19H,5-6H2,1H3,(H,17,18,21)/b12-8+,16-9?. The first-order valence-electron chi connectivity index (χ1n) is 6.86. The summed E-state index contributed by atoms with van der Waals surface area (Å²) in [7, 11) is 1.23. The number of hydrogen-bond acceptors (Lipinski definition) is 8. The highest BCUT2D eigenvalue weighted by molar-refractivity contribution is 8.18. The van der Waals surface area contributed by atoms with Crippen LogP contribution < -0.4 is 10.1 Å². The number of methoxy groups -OCH3 is 1. The molecule has 1 aromatic rings. The van der Waals surface area contributed by atoms with E-state index in [0.717, 1.165) is 23.4 Å². The van der Waals surface area contributed by atoms with Crippen LogP contribution in [0.5, 0.6) is 5.75 Å². The maximum atomic E-state index is 11.6. The fourth-order valence-corrected chi connectivity index (χ4v) is 2.38. The summed E-state index contributed by atoms with van der Waals surface area (Å²) in [5.41, 5.74) is 0.745. The summed E-state index contributed by atoms with van der Waals surface area (Å²) in [4.78, 5) is 23.0. The van der Waals surface area contributed by atoms with Crippen LogP contribution in [0.2, 0.25) is 0 Å². The van der Waals surface area contributed by atoms with Crippen LogP contribution in [0, 0.1) is 0 Å². The molecule has 0 spiro atoms. The zero-order chi connectivity index (χ0) is 17.4. The van der Waals surface area contributed by atoms with Gasteiger partial charge in [-0.1, -0.05) is 12.1 Å². The molecule has 1 amide bonds. The number of carbonyl (C=O) groups is 2. The Morgan fingerprint density at radius 3 is 3.04 bits per heavy atom. The Labute approximate surface area is 142 Å². The van der Waals surface area contributed by atoms with Crippen molar-refractivity contribution in [2.24, 2.45) is 10.2 Å². The molecule has 0 atom stereocenters. The Kier molecular flexibility index (Phi) is 6.52. The molecule has 1 aliphatic rings. The van der Waals surface area contributed by atoms with E-state index in [1.807, 2.05) is 0 Å². The van der Waals surface area contributed by atoms with Crippen LogP contribution >= 0.6 is 11.8 Å². The summed E-state index contributed by atoms with van der Waals surface area (Å²) in [6, 6.07) is 7.08. The van der Waals surface area contributed by atoms with Crippen molar-refractivity contribution in [1.29, 1.82) is 0 Å². The first kappa shape index (κ1) is 17.7. The lowest BCUT2D eigenvalue weighted by Crippen LogP contribution is -2.19. The third-order valence-electron chi connectivity index (χ3n) is 2.67. The largest absolute Gasteiger partial charge is 0.491 e. The van der Waals surface area contributed by atoms with Crippen LogP contribution in [0.3, 0.4) is 0 Å². The number of nitrogens with one attached hydrogen (secondary N) is 1. The van der Waals surface area contributed by atoms with Crippen molar-refractivity contribution < 1.29 is 24.2 Å². The molecule has 0 aromatic heterocycles. The van der Waals surface area contributed by atoms with E-state index in [2.05, 4.69) is 20.3 Å². The smallest absolute Gasteiger partial charge is 0.331 e. The van der Waals surface area contributed by atoms with Gasteiger partial charge in [-0.3, -0.25) is 10.1 Å². The molecule has 24 heavy (non-hydrogen) atoms. The van der Waals surface area contributed by atoms with Crippen molar-refractivity contribution in [2.45, 2.75) is 0 Å². The van der Waals surface area contributed by atoms with E-state index in [4.69, 9.17) is 9.84 Å². The molecule has 1 aromatic carbocycles.